The molecule has 14 heavy (non-hydrogen) atoms. The van der Waals surface area contributed by atoms with E-state index in [2.05, 4.69) is 10.2 Å². The summed E-state index contributed by atoms with van der Waals surface area (Å²) >= 11 is 0. The van der Waals surface area contributed by atoms with E-state index < -0.39 is 0 Å². The van der Waals surface area contributed by atoms with Gasteiger partial charge in [-0.15, -0.1) is 0 Å². The first-order chi connectivity index (χ1) is 6.72. The Morgan fingerprint density at radius 1 is 1.71 bits per heavy atom. The van der Waals surface area contributed by atoms with E-state index in [9.17, 15) is 4.79 Å². The van der Waals surface area contributed by atoms with Gasteiger partial charge in [0.15, 0.2) is 0 Å². The average molecular weight is 194 g/mol. The summed E-state index contributed by atoms with van der Waals surface area (Å²) < 4.78 is 0. The molecule has 2 heterocycles. The Morgan fingerprint density at radius 2 is 2.50 bits per heavy atom. The van der Waals surface area contributed by atoms with Crippen molar-refractivity contribution in [3.8, 4) is 0 Å². The number of carbonyl (C=O) groups is 1. The van der Waals surface area contributed by atoms with Crippen molar-refractivity contribution in [1.82, 2.24) is 15.1 Å². The zero-order valence-electron chi connectivity index (χ0n) is 8.21. The molecule has 3 N–H and O–H groups in total. The van der Waals surface area contributed by atoms with E-state index in [0.717, 1.165) is 29.9 Å². The Bertz CT molecular complexity index is 344. The van der Waals surface area contributed by atoms with Crippen LogP contribution in [-0.4, -0.2) is 27.5 Å². The first kappa shape index (κ1) is 9.21. The third-order valence-electron chi connectivity index (χ3n) is 2.66. The summed E-state index contributed by atoms with van der Waals surface area (Å²) in [6.45, 7) is 3.44. The molecule has 0 saturated carbocycles. The summed E-state index contributed by atoms with van der Waals surface area (Å²) in [6, 6.07) is 0. The quantitative estimate of drug-likeness (QED) is 0.648. The maximum Gasteiger partial charge on any atom is 0.219 e. The maximum atomic E-state index is 11.2. The largest absolute Gasteiger partial charge is 0.338 e. The van der Waals surface area contributed by atoms with Gasteiger partial charge in [0.25, 0.3) is 0 Å². The second kappa shape index (κ2) is 3.42. The van der Waals surface area contributed by atoms with E-state index in [1.54, 1.807) is 6.92 Å². The van der Waals surface area contributed by atoms with Gasteiger partial charge in [0.2, 0.25) is 5.91 Å². The number of hydrogen-bond donors (Lipinski definition) is 2. The van der Waals surface area contributed by atoms with Crippen LogP contribution in [0.15, 0.2) is 0 Å². The van der Waals surface area contributed by atoms with Crippen molar-refractivity contribution in [1.29, 1.82) is 0 Å². The van der Waals surface area contributed by atoms with E-state index in [4.69, 9.17) is 5.73 Å². The molecule has 1 aliphatic rings. The highest BCUT2D eigenvalue weighted by molar-refractivity contribution is 5.73. The van der Waals surface area contributed by atoms with Crippen LogP contribution in [0.25, 0.3) is 0 Å². The molecule has 1 aromatic rings. The normalized spacial score (nSPS) is 15.4. The molecule has 2 rings (SSSR count). The SMILES string of the molecule is CC(=O)N1CCc2[nH]nc(CN)c2C1. The Labute approximate surface area is 82.3 Å². The average Bonchev–Trinajstić information content (AvgIpc) is 2.59. The van der Waals surface area contributed by atoms with Crippen LogP contribution >= 0.6 is 0 Å². The summed E-state index contributed by atoms with van der Waals surface area (Å²) in [5.74, 6) is 0.111. The van der Waals surface area contributed by atoms with Crippen LogP contribution in [0.1, 0.15) is 23.9 Å². The van der Waals surface area contributed by atoms with Gasteiger partial charge in [0.1, 0.15) is 0 Å². The highest BCUT2D eigenvalue weighted by Gasteiger charge is 2.22. The lowest BCUT2D eigenvalue weighted by Crippen LogP contribution is -2.34. The van der Waals surface area contributed by atoms with E-state index in [1.807, 2.05) is 4.90 Å². The van der Waals surface area contributed by atoms with Crippen molar-refractivity contribution in [3.05, 3.63) is 17.0 Å². The van der Waals surface area contributed by atoms with Crippen LogP contribution < -0.4 is 5.73 Å². The van der Waals surface area contributed by atoms with Gasteiger partial charge in [-0.1, -0.05) is 0 Å². The van der Waals surface area contributed by atoms with Gasteiger partial charge < -0.3 is 10.6 Å². The topological polar surface area (TPSA) is 75.0 Å². The third kappa shape index (κ3) is 1.39. The molecule has 1 amide bonds. The molecule has 0 saturated heterocycles. The predicted octanol–water partition coefficient (Wildman–Crippen LogP) is -0.227. The fourth-order valence-electron chi connectivity index (χ4n) is 1.79. The van der Waals surface area contributed by atoms with E-state index in [-0.39, 0.29) is 5.91 Å². The van der Waals surface area contributed by atoms with Crippen molar-refractivity contribution in [2.24, 2.45) is 5.73 Å². The number of aromatic nitrogens is 2. The van der Waals surface area contributed by atoms with Crippen molar-refractivity contribution in [3.63, 3.8) is 0 Å². The third-order valence-corrected chi connectivity index (χ3v) is 2.66. The standard InChI is InChI=1S/C9H14N4O/c1-6(14)13-3-2-8-7(5-13)9(4-10)12-11-8/h2-5,10H2,1H3,(H,11,12). The van der Waals surface area contributed by atoms with Crippen LogP contribution in [0, 0.1) is 0 Å². The van der Waals surface area contributed by atoms with Gasteiger partial charge in [0.05, 0.1) is 5.69 Å². The van der Waals surface area contributed by atoms with Crippen molar-refractivity contribution in [2.45, 2.75) is 26.4 Å². The van der Waals surface area contributed by atoms with Crippen molar-refractivity contribution in [2.75, 3.05) is 6.54 Å². The second-order valence-electron chi connectivity index (χ2n) is 3.52. The monoisotopic (exact) mass is 194 g/mol. The summed E-state index contributed by atoms with van der Waals surface area (Å²) in [6.07, 6.45) is 0.849. The molecule has 0 bridgehead atoms. The van der Waals surface area contributed by atoms with Gasteiger partial charge >= 0.3 is 0 Å². The maximum absolute atomic E-state index is 11.2. The summed E-state index contributed by atoms with van der Waals surface area (Å²) in [7, 11) is 0. The lowest BCUT2D eigenvalue weighted by molar-refractivity contribution is -0.129. The number of nitrogens with two attached hydrogens (primary N) is 1. The van der Waals surface area contributed by atoms with E-state index in [0.29, 0.717) is 13.1 Å². The minimum Gasteiger partial charge on any atom is -0.338 e. The Morgan fingerprint density at radius 3 is 3.14 bits per heavy atom. The molecule has 0 atom stereocenters. The van der Waals surface area contributed by atoms with Crippen molar-refractivity contribution < 1.29 is 4.79 Å². The zero-order valence-corrected chi connectivity index (χ0v) is 8.21. The number of amides is 1. The molecule has 0 fully saturated rings. The molecule has 0 unspecified atom stereocenters. The highest BCUT2D eigenvalue weighted by Crippen LogP contribution is 2.19. The van der Waals surface area contributed by atoms with E-state index >= 15 is 0 Å². The molecule has 5 heteroatoms. The number of nitrogens with zero attached hydrogens (tertiary/aromatic N) is 2. The van der Waals surface area contributed by atoms with Crippen LogP contribution in [-0.2, 0) is 24.3 Å². The summed E-state index contributed by atoms with van der Waals surface area (Å²) in [5, 5.41) is 7.09. The number of aromatic amines is 1. The molecule has 1 aliphatic heterocycles. The van der Waals surface area contributed by atoms with Crippen LogP contribution in [0.4, 0.5) is 0 Å². The minimum atomic E-state index is 0.111. The number of nitrogens with one attached hydrogen (secondary N) is 1. The second-order valence-corrected chi connectivity index (χ2v) is 3.52. The minimum absolute atomic E-state index is 0.111. The first-order valence-corrected chi connectivity index (χ1v) is 4.73. The van der Waals surface area contributed by atoms with Crippen LogP contribution in [0.5, 0.6) is 0 Å². The molecule has 1 aromatic heterocycles. The van der Waals surface area contributed by atoms with Gasteiger partial charge in [-0.05, 0) is 0 Å². The van der Waals surface area contributed by atoms with Crippen LogP contribution in [0.2, 0.25) is 0 Å². The Kier molecular flexibility index (Phi) is 2.25. The van der Waals surface area contributed by atoms with E-state index in [1.165, 1.54) is 0 Å². The predicted molar refractivity (Wildman–Crippen MR) is 51.3 cm³/mol. The lowest BCUT2D eigenvalue weighted by atomic mass is 10.1. The molecule has 5 nitrogen and oxygen atoms in total. The molecule has 76 valence electrons. The van der Waals surface area contributed by atoms with Gasteiger partial charge in [-0.3, -0.25) is 9.89 Å². The Balaban J connectivity index is 2.27. The van der Waals surface area contributed by atoms with Gasteiger partial charge in [-0.25, -0.2) is 0 Å². The van der Waals surface area contributed by atoms with Crippen molar-refractivity contribution >= 4 is 5.91 Å². The fourth-order valence-corrected chi connectivity index (χ4v) is 1.79. The zero-order chi connectivity index (χ0) is 10.1. The number of carbonyl (C=O) groups excluding carboxylic acids is 1. The molecule has 0 spiro atoms. The Hall–Kier alpha value is -1.36. The number of hydrogen-bond acceptors (Lipinski definition) is 3. The molecular weight excluding hydrogens is 180 g/mol. The number of H-pyrrole nitrogens is 1. The molecule has 0 aliphatic carbocycles. The summed E-state index contributed by atoms with van der Waals surface area (Å²) in [5.41, 5.74) is 8.67. The van der Waals surface area contributed by atoms with Gasteiger partial charge in [0, 0.05) is 44.2 Å². The van der Waals surface area contributed by atoms with Crippen LogP contribution in [0.3, 0.4) is 0 Å². The molecule has 0 radical (unpaired) electrons. The number of fused-ring (bicyclic) bond motifs is 1. The lowest BCUT2D eigenvalue weighted by Gasteiger charge is -2.25. The number of rotatable bonds is 1. The fraction of sp³-hybridized carbons (Fsp3) is 0.556. The molecular formula is C9H14N4O. The summed E-state index contributed by atoms with van der Waals surface area (Å²) in [4.78, 5) is 13.0. The first-order valence-electron chi connectivity index (χ1n) is 4.73. The smallest absolute Gasteiger partial charge is 0.219 e. The highest BCUT2D eigenvalue weighted by atomic mass is 16.2. The molecule has 0 aromatic carbocycles. The van der Waals surface area contributed by atoms with Gasteiger partial charge in [-0.2, -0.15) is 5.10 Å².